The van der Waals surface area contributed by atoms with Crippen LogP contribution in [0.15, 0.2) is 42.5 Å². The number of hydrogen-bond donors (Lipinski definition) is 1. The molecule has 2 aliphatic heterocycles. The molecule has 0 bridgehead atoms. The van der Waals surface area contributed by atoms with E-state index in [1.54, 1.807) is 6.08 Å². The van der Waals surface area contributed by atoms with Crippen molar-refractivity contribution in [2.45, 2.75) is 13.0 Å². The summed E-state index contributed by atoms with van der Waals surface area (Å²) < 4.78 is 21.3. The van der Waals surface area contributed by atoms with Crippen molar-refractivity contribution < 1.29 is 23.7 Å². The molecule has 2 aliphatic rings. The monoisotopic (exact) mass is 339 g/mol. The highest BCUT2D eigenvalue weighted by Gasteiger charge is 2.16. The van der Waals surface area contributed by atoms with Gasteiger partial charge in [0, 0.05) is 6.08 Å². The highest BCUT2D eigenvalue weighted by molar-refractivity contribution is 5.92. The van der Waals surface area contributed by atoms with Crippen molar-refractivity contribution >= 4 is 12.0 Å². The summed E-state index contributed by atoms with van der Waals surface area (Å²) in [5.74, 6) is 2.66. The SMILES string of the molecule is CC(NC(=O)/C=C/c1ccc2c(c1)OCO2)c1ccc2c(c1)OCO2. The van der Waals surface area contributed by atoms with E-state index in [1.807, 2.05) is 43.3 Å². The van der Waals surface area contributed by atoms with E-state index in [-0.39, 0.29) is 25.5 Å². The van der Waals surface area contributed by atoms with Crippen LogP contribution in [0.5, 0.6) is 23.0 Å². The lowest BCUT2D eigenvalue weighted by Gasteiger charge is -2.13. The quantitative estimate of drug-likeness (QED) is 0.868. The minimum Gasteiger partial charge on any atom is -0.454 e. The van der Waals surface area contributed by atoms with Crippen LogP contribution in [0.1, 0.15) is 24.1 Å². The molecule has 25 heavy (non-hydrogen) atoms. The van der Waals surface area contributed by atoms with Crippen LogP contribution in [0, 0.1) is 0 Å². The van der Waals surface area contributed by atoms with Gasteiger partial charge in [-0.3, -0.25) is 4.79 Å². The number of carbonyl (C=O) groups excluding carboxylic acids is 1. The topological polar surface area (TPSA) is 66.0 Å². The molecule has 4 rings (SSSR count). The Morgan fingerprint density at radius 2 is 1.60 bits per heavy atom. The minimum absolute atomic E-state index is 0.150. The summed E-state index contributed by atoms with van der Waals surface area (Å²) in [7, 11) is 0. The third-order valence-electron chi connectivity index (χ3n) is 4.08. The number of amides is 1. The fourth-order valence-corrected chi connectivity index (χ4v) is 2.72. The lowest BCUT2D eigenvalue weighted by atomic mass is 10.1. The van der Waals surface area contributed by atoms with E-state index < -0.39 is 0 Å². The summed E-state index contributed by atoms with van der Waals surface area (Å²) in [6.45, 7) is 2.39. The van der Waals surface area contributed by atoms with Crippen LogP contribution in [0.3, 0.4) is 0 Å². The molecule has 6 heteroatoms. The zero-order chi connectivity index (χ0) is 17.2. The average molecular weight is 339 g/mol. The van der Waals surface area contributed by atoms with Crippen molar-refractivity contribution in [3.8, 4) is 23.0 Å². The number of ether oxygens (including phenoxy) is 4. The molecule has 0 aromatic heterocycles. The lowest BCUT2D eigenvalue weighted by Crippen LogP contribution is -2.24. The van der Waals surface area contributed by atoms with E-state index in [2.05, 4.69) is 5.32 Å². The second kappa shape index (κ2) is 6.39. The Balaban J connectivity index is 1.39. The smallest absolute Gasteiger partial charge is 0.244 e. The zero-order valence-corrected chi connectivity index (χ0v) is 13.7. The summed E-state index contributed by atoms with van der Waals surface area (Å²) >= 11 is 0. The molecular formula is C19H17NO5. The second-order valence-electron chi connectivity index (χ2n) is 5.79. The van der Waals surface area contributed by atoms with Crippen molar-refractivity contribution in [2.24, 2.45) is 0 Å². The molecule has 0 spiro atoms. The molecule has 0 radical (unpaired) electrons. The first-order valence-electron chi connectivity index (χ1n) is 7.97. The second-order valence-corrected chi connectivity index (χ2v) is 5.79. The van der Waals surface area contributed by atoms with Crippen LogP contribution in [-0.2, 0) is 4.79 Å². The first kappa shape index (κ1) is 15.4. The largest absolute Gasteiger partial charge is 0.454 e. The molecule has 2 heterocycles. The number of nitrogens with one attached hydrogen (secondary N) is 1. The predicted molar refractivity (Wildman–Crippen MR) is 90.7 cm³/mol. The normalized spacial score (nSPS) is 15.4. The number of hydrogen-bond acceptors (Lipinski definition) is 5. The van der Waals surface area contributed by atoms with Gasteiger partial charge in [0.15, 0.2) is 23.0 Å². The lowest BCUT2D eigenvalue weighted by molar-refractivity contribution is -0.117. The number of fused-ring (bicyclic) bond motifs is 2. The number of carbonyl (C=O) groups is 1. The van der Waals surface area contributed by atoms with Gasteiger partial charge in [-0.15, -0.1) is 0 Å². The molecule has 2 aromatic carbocycles. The van der Waals surface area contributed by atoms with Crippen molar-refractivity contribution in [3.05, 3.63) is 53.6 Å². The fraction of sp³-hybridized carbons (Fsp3) is 0.211. The first-order chi connectivity index (χ1) is 12.2. The van der Waals surface area contributed by atoms with E-state index in [4.69, 9.17) is 18.9 Å². The summed E-state index contributed by atoms with van der Waals surface area (Å²) in [6.07, 6.45) is 3.24. The van der Waals surface area contributed by atoms with Gasteiger partial charge in [0.05, 0.1) is 6.04 Å². The van der Waals surface area contributed by atoms with Crippen molar-refractivity contribution in [1.29, 1.82) is 0 Å². The van der Waals surface area contributed by atoms with Crippen LogP contribution in [0.25, 0.3) is 6.08 Å². The molecule has 2 aromatic rings. The van der Waals surface area contributed by atoms with Crippen molar-refractivity contribution in [2.75, 3.05) is 13.6 Å². The van der Waals surface area contributed by atoms with Gasteiger partial charge >= 0.3 is 0 Å². The molecule has 128 valence electrons. The zero-order valence-electron chi connectivity index (χ0n) is 13.7. The molecule has 0 saturated carbocycles. The molecule has 0 saturated heterocycles. The summed E-state index contributed by atoms with van der Waals surface area (Å²) in [6, 6.07) is 11.0. The number of rotatable bonds is 4. The van der Waals surface area contributed by atoms with E-state index in [0.717, 1.165) is 22.6 Å². The van der Waals surface area contributed by atoms with Crippen LogP contribution in [-0.4, -0.2) is 19.5 Å². The maximum absolute atomic E-state index is 12.2. The van der Waals surface area contributed by atoms with Crippen LogP contribution in [0.4, 0.5) is 0 Å². The minimum atomic E-state index is -0.178. The maximum Gasteiger partial charge on any atom is 0.244 e. The predicted octanol–water partition coefficient (Wildman–Crippen LogP) is 3.03. The van der Waals surface area contributed by atoms with Crippen molar-refractivity contribution in [1.82, 2.24) is 5.32 Å². The van der Waals surface area contributed by atoms with E-state index in [0.29, 0.717) is 11.5 Å². The third-order valence-corrected chi connectivity index (χ3v) is 4.08. The maximum atomic E-state index is 12.2. The Hall–Kier alpha value is -3.15. The standard InChI is InChI=1S/C19H17NO5/c1-12(14-4-6-16-18(9-14)25-11-23-16)20-19(21)7-3-13-2-5-15-17(8-13)24-10-22-15/h2-9,12H,10-11H2,1H3,(H,20,21)/b7-3+. The molecule has 1 unspecified atom stereocenters. The molecule has 1 amide bonds. The molecule has 0 aliphatic carbocycles. The highest BCUT2D eigenvalue weighted by Crippen LogP contribution is 2.34. The van der Waals surface area contributed by atoms with Crippen LogP contribution >= 0.6 is 0 Å². The van der Waals surface area contributed by atoms with Gasteiger partial charge in [-0.2, -0.15) is 0 Å². The Kier molecular flexibility index (Phi) is 3.93. The molecule has 1 atom stereocenters. The van der Waals surface area contributed by atoms with E-state index >= 15 is 0 Å². The summed E-state index contributed by atoms with van der Waals surface area (Å²) in [5, 5.41) is 2.93. The Labute approximate surface area is 145 Å². The van der Waals surface area contributed by atoms with Gasteiger partial charge in [-0.05, 0) is 48.4 Å². The Bertz CT molecular complexity index is 846. The van der Waals surface area contributed by atoms with Gasteiger partial charge in [0.25, 0.3) is 0 Å². The van der Waals surface area contributed by atoms with E-state index in [9.17, 15) is 4.79 Å². The van der Waals surface area contributed by atoms with Crippen LogP contribution in [0.2, 0.25) is 0 Å². The Morgan fingerprint density at radius 3 is 2.36 bits per heavy atom. The summed E-state index contributed by atoms with van der Waals surface area (Å²) in [4.78, 5) is 12.2. The summed E-state index contributed by atoms with van der Waals surface area (Å²) in [5.41, 5.74) is 1.82. The molecule has 0 fully saturated rings. The van der Waals surface area contributed by atoms with Gasteiger partial charge in [-0.1, -0.05) is 12.1 Å². The first-order valence-corrected chi connectivity index (χ1v) is 7.97. The van der Waals surface area contributed by atoms with Gasteiger partial charge in [0.1, 0.15) is 0 Å². The van der Waals surface area contributed by atoms with Gasteiger partial charge < -0.3 is 24.3 Å². The fourth-order valence-electron chi connectivity index (χ4n) is 2.72. The van der Waals surface area contributed by atoms with Crippen molar-refractivity contribution in [3.63, 3.8) is 0 Å². The van der Waals surface area contributed by atoms with Gasteiger partial charge in [0.2, 0.25) is 19.5 Å². The van der Waals surface area contributed by atoms with Gasteiger partial charge in [-0.25, -0.2) is 0 Å². The number of benzene rings is 2. The van der Waals surface area contributed by atoms with E-state index in [1.165, 1.54) is 6.08 Å². The molecule has 6 nitrogen and oxygen atoms in total. The molecule has 1 N–H and O–H groups in total. The Morgan fingerprint density at radius 1 is 0.960 bits per heavy atom. The third kappa shape index (κ3) is 3.24. The average Bonchev–Trinajstić information content (AvgIpc) is 3.27. The molecular weight excluding hydrogens is 322 g/mol. The van der Waals surface area contributed by atoms with Crippen LogP contribution < -0.4 is 24.3 Å². The highest BCUT2D eigenvalue weighted by atomic mass is 16.7.